The van der Waals surface area contributed by atoms with Crippen LogP contribution in [0.25, 0.3) is 11.2 Å². The smallest absolute Gasteiger partial charge is 0.167 e. The zero-order valence-electron chi connectivity index (χ0n) is 13.0. The number of hydrogen-bond donors (Lipinski definition) is 3. The molecule has 0 radical (unpaired) electrons. The fourth-order valence-electron chi connectivity index (χ4n) is 2.57. The molecule has 0 bridgehead atoms. The number of anilines is 1. The normalized spacial score (nSPS) is 28.0. The molecule has 9 nitrogen and oxygen atoms in total. The van der Waals surface area contributed by atoms with Gasteiger partial charge in [-0.1, -0.05) is 13.8 Å². The average Bonchev–Trinajstić information content (AvgIpc) is 3.04. The number of fused-ring (bicyclic) bond motifs is 1. The summed E-state index contributed by atoms with van der Waals surface area (Å²) in [5.74, 6) is 0.630. The van der Waals surface area contributed by atoms with Gasteiger partial charge in [0.25, 0.3) is 0 Å². The Morgan fingerprint density at radius 1 is 1.30 bits per heavy atom. The standard InChI is InChI=1S/C14H21N5O4/c1-7(2)3-22-4-8-10(20)11(21)14(23-8)19-6-18-9-12(15)16-5-17-13(9)19/h5-8,10-11,14,20-21H,3-4H2,1-2H3,(H2,15,16,17)/t8-,10-,11-,14-/m1/s1. The highest BCUT2D eigenvalue weighted by Crippen LogP contribution is 2.32. The quantitative estimate of drug-likeness (QED) is 0.684. The van der Waals surface area contributed by atoms with E-state index in [0.29, 0.717) is 23.7 Å². The molecule has 4 atom stereocenters. The Bertz CT molecular complexity index is 676. The minimum Gasteiger partial charge on any atom is -0.387 e. The van der Waals surface area contributed by atoms with E-state index in [9.17, 15) is 10.2 Å². The molecule has 3 heterocycles. The van der Waals surface area contributed by atoms with Gasteiger partial charge < -0.3 is 25.4 Å². The van der Waals surface area contributed by atoms with Gasteiger partial charge in [-0.05, 0) is 5.92 Å². The Labute approximate surface area is 133 Å². The first-order chi connectivity index (χ1) is 11.0. The maximum atomic E-state index is 10.3. The summed E-state index contributed by atoms with van der Waals surface area (Å²) in [5, 5.41) is 20.5. The Morgan fingerprint density at radius 2 is 2.09 bits per heavy atom. The van der Waals surface area contributed by atoms with Gasteiger partial charge in [-0.3, -0.25) is 4.57 Å². The third kappa shape index (κ3) is 3.00. The van der Waals surface area contributed by atoms with E-state index in [0.717, 1.165) is 0 Å². The lowest BCUT2D eigenvalue weighted by Crippen LogP contribution is -2.34. The SMILES string of the molecule is CC(C)COC[C@H]1O[C@@H](n2cnc3c(N)ncnc32)[C@H](O)[C@@H]1O. The van der Waals surface area contributed by atoms with Crippen LogP contribution in [0.4, 0.5) is 5.82 Å². The molecule has 0 saturated carbocycles. The molecular weight excluding hydrogens is 302 g/mol. The van der Waals surface area contributed by atoms with Crippen molar-refractivity contribution in [1.29, 1.82) is 0 Å². The van der Waals surface area contributed by atoms with Gasteiger partial charge in [-0.25, -0.2) is 15.0 Å². The Kier molecular flexibility index (Phi) is 4.44. The highest BCUT2D eigenvalue weighted by molar-refractivity contribution is 5.81. The molecule has 4 N–H and O–H groups in total. The van der Waals surface area contributed by atoms with Gasteiger partial charge in [0.2, 0.25) is 0 Å². The highest BCUT2D eigenvalue weighted by atomic mass is 16.6. The summed E-state index contributed by atoms with van der Waals surface area (Å²) in [4.78, 5) is 12.1. The number of aliphatic hydroxyl groups is 2. The van der Waals surface area contributed by atoms with E-state index in [1.54, 1.807) is 4.57 Å². The summed E-state index contributed by atoms with van der Waals surface area (Å²) >= 11 is 0. The number of ether oxygens (including phenoxy) is 2. The van der Waals surface area contributed by atoms with Crippen LogP contribution in [0.3, 0.4) is 0 Å². The summed E-state index contributed by atoms with van der Waals surface area (Å²) in [6.45, 7) is 4.83. The molecule has 3 rings (SSSR count). The molecule has 9 heteroatoms. The fraction of sp³-hybridized carbons (Fsp3) is 0.643. The van der Waals surface area contributed by atoms with Crippen molar-refractivity contribution < 1.29 is 19.7 Å². The number of hydrogen-bond acceptors (Lipinski definition) is 8. The lowest BCUT2D eigenvalue weighted by molar-refractivity contribution is -0.0682. The third-order valence-electron chi connectivity index (χ3n) is 3.73. The molecule has 0 spiro atoms. The Morgan fingerprint density at radius 3 is 2.83 bits per heavy atom. The first kappa shape index (κ1) is 16.1. The van der Waals surface area contributed by atoms with Crippen LogP contribution in [0, 0.1) is 5.92 Å². The van der Waals surface area contributed by atoms with Crippen molar-refractivity contribution in [2.45, 2.75) is 38.4 Å². The van der Waals surface area contributed by atoms with Crippen LogP contribution in [0.5, 0.6) is 0 Å². The number of imidazole rings is 1. The lowest BCUT2D eigenvalue weighted by atomic mass is 10.1. The van der Waals surface area contributed by atoms with Crippen molar-refractivity contribution in [2.24, 2.45) is 5.92 Å². The van der Waals surface area contributed by atoms with Gasteiger partial charge in [0.1, 0.15) is 30.2 Å². The second-order valence-corrected chi connectivity index (χ2v) is 6.06. The van der Waals surface area contributed by atoms with E-state index in [2.05, 4.69) is 15.0 Å². The van der Waals surface area contributed by atoms with E-state index >= 15 is 0 Å². The van der Waals surface area contributed by atoms with Crippen molar-refractivity contribution in [3.05, 3.63) is 12.7 Å². The second-order valence-electron chi connectivity index (χ2n) is 6.06. The van der Waals surface area contributed by atoms with Crippen LogP contribution in [0.15, 0.2) is 12.7 Å². The number of aromatic nitrogens is 4. The predicted octanol–water partition coefficient (Wildman–Crippen LogP) is -0.300. The van der Waals surface area contributed by atoms with Gasteiger partial charge in [-0.2, -0.15) is 0 Å². The van der Waals surface area contributed by atoms with Crippen molar-refractivity contribution in [3.63, 3.8) is 0 Å². The number of nitrogens with zero attached hydrogens (tertiary/aromatic N) is 4. The monoisotopic (exact) mass is 323 g/mol. The highest BCUT2D eigenvalue weighted by Gasteiger charge is 2.44. The summed E-state index contributed by atoms with van der Waals surface area (Å²) < 4.78 is 12.8. The van der Waals surface area contributed by atoms with Crippen LogP contribution in [0.1, 0.15) is 20.1 Å². The molecule has 2 aromatic rings. The minimum absolute atomic E-state index is 0.205. The molecular formula is C14H21N5O4. The zero-order chi connectivity index (χ0) is 16.6. The number of nitrogens with two attached hydrogens (primary N) is 1. The van der Waals surface area contributed by atoms with Gasteiger partial charge in [0, 0.05) is 6.61 Å². The topological polar surface area (TPSA) is 129 Å². The van der Waals surface area contributed by atoms with Crippen LogP contribution >= 0.6 is 0 Å². The van der Waals surface area contributed by atoms with Crippen molar-refractivity contribution in [2.75, 3.05) is 18.9 Å². The second kappa shape index (κ2) is 6.36. The van der Waals surface area contributed by atoms with Gasteiger partial charge in [-0.15, -0.1) is 0 Å². The Balaban J connectivity index is 1.78. The first-order valence-corrected chi connectivity index (χ1v) is 7.51. The molecule has 1 fully saturated rings. The molecule has 126 valence electrons. The number of rotatable bonds is 5. The Hall–Kier alpha value is -1.81. The summed E-state index contributed by atoms with van der Waals surface area (Å²) in [7, 11) is 0. The van der Waals surface area contributed by atoms with Gasteiger partial charge in [0.15, 0.2) is 17.7 Å². The molecule has 1 aliphatic rings. The van der Waals surface area contributed by atoms with Crippen LogP contribution in [0.2, 0.25) is 0 Å². The summed E-state index contributed by atoms with van der Waals surface area (Å²) in [5.41, 5.74) is 6.62. The summed E-state index contributed by atoms with van der Waals surface area (Å²) in [6.07, 6.45) is -0.813. The molecule has 0 aliphatic carbocycles. The average molecular weight is 323 g/mol. The maximum Gasteiger partial charge on any atom is 0.167 e. The molecule has 0 aromatic carbocycles. The van der Waals surface area contributed by atoms with E-state index in [-0.39, 0.29) is 12.4 Å². The van der Waals surface area contributed by atoms with E-state index in [1.165, 1.54) is 12.7 Å². The van der Waals surface area contributed by atoms with E-state index in [1.807, 2.05) is 13.8 Å². The lowest BCUT2D eigenvalue weighted by Gasteiger charge is -2.16. The third-order valence-corrected chi connectivity index (χ3v) is 3.73. The molecule has 2 aromatic heterocycles. The van der Waals surface area contributed by atoms with Gasteiger partial charge in [0.05, 0.1) is 12.9 Å². The fourth-order valence-corrected chi connectivity index (χ4v) is 2.57. The van der Waals surface area contributed by atoms with Crippen molar-refractivity contribution >= 4 is 17.0 Å². The first-order valence-electron chi connectivity index (χ1n) is 7.51. The maximum absolute atomic E-state index is 10.3. The van der Waals surface area contributed by atoms with Crippen LogP contribution < -0.4 is 5.73 Å². The molecule has 0 amide bonds. The number of nitrogen functional groups attached to an aromatic ring is 1. The zero-order valence-corrected chi connectivity index (χ0v) is 13.0. The largest absolute Gasteiger partial charge is 0.387 e. The molecule has 1 saturated heterocycles. The van der Waals surface area contributed by atoms with E-state index < -0.39 is 24.5 Å². The van der Waals surface area contributed by atoms with Gasteiger partial charge >= 0.3 is 0 Å². The minimum atomic E-state index is -1.11. The molecule has 0 unspecified atom stereocenters. The van der Waals surface area contributed by atoms with Crippen LogP contribution in [-0.2, 0) is 9.47 Å². The molecule has 23 heavy (non-hydrogen) atoms. The van der Waals surface area contributed by atoms with Crippen LogP contribution in [-0.4, -0.2) is 61.3 Å². The summed E-state index contributed by atoms with van der Waals surface area (Å²) in [6, 6.07) is 0. The predicted molar refractivity (Wildman–Crippen MR) is 81.3 cm³/mol. The molecule has 1 aliphatic heterocycles. The van der Waals surface area contributed by atoms with Crippen molar-refractivity contribution in [3.8, 4) is 0 Å². The van der Waals surface area contributed by atoms with Crippen molar-refractivity contribution in [1.82, 2.24) is 19.5 Å². The van der Waals surface area contributed by atoms with E-state index in [4.69, 9.17) is 15.2 Å². The number of aliphatic hydroxyl groups excluding tert-OH is 2.